The molecule has 2 N–H and O–H groups in total. The van der Waals surface area contributed by atoms with Crippen LogP contribution in [0.1, 0.15) is 37.7 Å². The van der Waals surface area contributed by atoms with Crippen LogP contribution < -0.4 is 20.1 Å². The minimum Gasteiger partial charge on any atom is -0.493 e. The lowest BCUT2D eigenvalue weighted by Crippen LogP contribution is -2.46. The van der Waals surface area contributed by atoms with Gasteiger partial charge in [0.2, 0.25) is 0 Å². The molecule has 29 heavy (non-hydrogen) atoms. The minimum absolute atomic E-state index is 0.0790. The molecule has 0 radical (unpaired) electrons. The highest BCUT2D eigenvalue weighted by molar-refractivity contribution is 6.32. The molecule has 0 aromatic heterocycles. The monoisotopic (exact) mass is 424 g/mol. The predicted molar refractivity (Wildman–Crippen MR) is 108 cm³/mol. The summed E-state index contributed by atoms with van der Waals surface area (Å²) in [5.41, 5.74) is 0.584. The summed E-state index contributed by atoms with van der Waals surface area (Å²) in [6, 6.07) is 2.73. The molecule has 1 saturated carbocycles. The van der Waals surface area contributed by atoms with E-state index in [0.717, 1.165) is 38.2 Å². The summed E-state index contributed by atoms with van der Waals surface area (Å²) in [7, 11) is 2.94. The molecule has 1 aromatic rings. The number of urea groups is 1. The lowest BCUT2D eigenvalue weighted by molar-refractivity contribution is -0.143. The Labute approximate surface area is 174 Å². The molecule has 0 bridgehead atoms. The van der Waals surface area contributed by atoms with Crippen molar-refractivity contribution in [2.24, 2.45) is 0 Å². The number of rotatable bonds is 7. The summed E-state index contributed by atoms with van der Waals surface area (Å²) in [6.45, 7) is -0.562. The van der Waals surface area contributed by atoms with E-state index < -0.39 is 24.5 Å². The molecule has 1 aliphatic rings. The topological polar surface area (TPSA) is 103 Å². The van der Waals surface area contributed by atoms with E-state index >= 15 is 0 Å². The lowest BCUT2D eigenvalue weighted by Gasteiger charge is -2.22. The lowest BCUT2D eigenvalue weighted by atomic mass is 9.96. The number of imide groups is 1. The molecule has 8 nitrogen and oxygen atoms in total. The molecular formula is C20H25ClN2O6. The zero-order chi connectivity index (χ0) is 21.2. The maximum atomic E-state index is 11.8. The third-order valence-corrected chi connectivity index (χ3v) is 4.69. The van der Waals surface area contributed by atoms with Crippen LogP contribution in [0.4, 0.5) is 4.79 Å². The van der Waals surface area contributed by atoms with Crippen LogP contribution in [0.2, 0.25) is 5.02 Å². The number of hydrogen-bond acceptors (Lipinski definition) is 6. The number of halogens is 1. The Kier molecular flexibility index (Phi) is 8.79. The van der Waals surface area contributed by atoms with Crippen LogP contribution in [-0.2, 0) is 14.3 Å². The Hall–Kier alpha value is -2.74. The largest absolute Gasteiger partial charge is 0.493 e. The first-order chi connectivity index (χ1) is 13.9. The number of carbonyl (C=O) groups is 3. The first-order valence-electron chi connectivity index (χ1n) is 9.29. The zero-order valence-electron chi connectivity index (χ0n) is 16.5. The number of nitrogens with one attached hydrogen (secondary N) is 2. The second kappa shape index (κ2) is 11.3. The van der Waals surface area contributed by atoms with Crippen molar-refractivity contribution in [3.63, 3.8) is 0 Å². The molecule has 9 heteroatoms. The van der Waals surface area contributed by atoms with Crippen molar-refractivity contribution in [2.45, 2.75) is 38.1 Å². The van der Waals surface area contributed by atoms with Gasteiger partial charge in [0.1, 0.15) is 0 Å². The van der Waals surface area contributed by atoms with Gasteiger partial charge in [0.05, 0.1) is 19.2 Å². The molecule has 3 amide bonds. The second-order valence-corrected chi connectivity index (χ2v) is 6.94. The van der Waals surface area contributed by atoms with Gasteiger partial charge in [0.25, 0.3) is 5.91 Å². The molecule has 1 aromatic carbocycles. The molecule has 0 heterocycles. The van der Waals surface area contributed by atoms with Crippen molar-refractivity contribution in [1.82, 2.24) is 10.6 Å². The van der Waals surface area contributed by atoms with Gasteiger partial charge in [-0.15, -0.1) is 0 Å². The Morgan fingerprint density at radius 2 is 1.86 bits per heavy atom. The van der Waals surface area contributed by atoms with Crippen LogP contribution in [0.15, 0.2) is 18.2 Å². The third kappa shape index (κ3) is 7.30. The van der Waals surface area contributed by atoms with E-state index in [2.05, 4.69) is 10.6 Å². The second-order valence-electron chi connectivity index (χ2n) is 6.54. The SMILES string of the molecule is COc1cc(/C=C/C(=O)OCC(=O)NC(=O)NC2CCCCC2)cc(Cl)c1OC. The molecule has 0 atom stereocenters. The van der Waals surface area contributed by atoms with E-state index in [9.17, 15) is 14.4 Å². The van der Waals surface area contributed by atoms with E-state index in [4.69, 9.17) is 25.8 Å². The van der Waals surface area contributed by atoms with Crippen molar-refractivity contribution in [3.8, 4) is 11.5 Å². The summed E-state index contributed by atoms with van der Waals surface area (Å²) in [5.74, 6) is -0.638. The summed E-state index contributed by atoms with van der Waals surface area (Å²) in [4.78, 5) is 35.3. The number of carbonyl (C=O) groups excluding carboxylic acids is 3. The van der Waals surface area contributed by atoms with Gasteiger partial charge in [-0.3, -0.25) is 10.1 Å². The third-order valence-electron chi connectivity index (χ3n) is 4.41. The number of amides is 3. The van der Waals surface area contributed by atoms with Gasteiger partial charge >= 0.3 is 12.0 Å². The van der Waals surface area contributed by atoms with Crippen molar-refractivity contribution in [2.75, 3.05) is 20.8 Å². The smallest absolute Gasteiger partial charge is 0.331 e. The van der Waals surface area contributed by atoms with E-state index in [1.54, 1.807) is 12.1 Å². The van der Waals surface area contributed by atoms with Crippen LogP contribution in [0.5, 0.6) is 11.5 Å². The minimum atomic E-state index is -0.737. The number of ether oxygens (including phenoxy) is 3. The fourth-order valence-corrected chi connectivity index (χ4v) is 3.31. The molecule has 0 spiro atoms. The van der Waals surface area contributed by atoms with E-state index in [1.165, 1.54) is 20.3 Å². The number of benzene rings is 1. The number of methoxy groups -OCH3 is 2. The maximum Gasteiger partial charge on any atom is 0.331 e. The van der Waals surface area contributed by atoms with Gasteiger partial charge in [-0.1, -0.05) is 30.9 Å². The van der Waals surface area contributed by atoms with Crippen LogP contribution >= 0.6 is 11.6 Å². The molecule has 158 valence electrons. The average Bonchev–Trinajstić information content (AvgIpc) is 2.70. The van der Waals surface area contributed by atoms with Gasteiger partial charge in [-0.25, -0.2) is 9.59 Å². The van der Waals surface area contributed by atoms with Crippen LogP contribution in [0.25, 0.3) is 6.08 Å². The van der Waals surface area contributed by atoms with Crippen molar-refractivity contribution in [3.05, 3.63) is 28.8 Å². The van der Waals surface area contributed by atoms with Crippen LogP contribution in [-0.4, -0.2) is 44.8 Å². The zero-order valence-corrected chi connectivity index (χ0v) is 17.2. The molecule has 2 rings (SSSR count). The van der Waals surface area contributed by atoms with Gasteiger partial charge in [-0.05, 0) is 36.6 Å². The summed E-state index contributed by atoms with van der Waals surface area (Å²) >= 11 is 6.10. The van der Waals surface area contributed by atoms with Crippen LogP contribution in [0.3, 0.4) is 0 Å². The van der Waals surface area contributed by atoms with Crippen molar-refractivity contribution in [1.29, 1.82) is 0 Å². The Balaban J connectivity index is 1.79. The molecule has 1 fully saturated rings. The number of hydrogen-bond donors (Lipinski definition) is 2. The highest BCUT2D eigenvalue weighted by Gasteiger charge is 2.17. The highest BCUT2D eigenvalue weighted by Crippen LogP contribution is 2.36. The predicted octanol–water partition coefficient (Wildman–Crippen LogP) is 3.07. The van der Waals surface area contributed by atoms with Crippen LogP contribution in [0, 0.1) is 0 Å². The highest BCUT2D eigenvalue weighted by atomic mass is 35.5. The van der Waals surface area contributed by atoms with Gasteiger partial charge < -0.3 is 19.5 Å². The molecule has 0 unspecified atom stereocenters. The Morgan fingerprint density at radius 1 is 1.14 bits per heavy atom. The number of esters is 1. The first kappa shape index (κ1) is 22.5. The molecular weight excluding hydrogens is 400 g/mol. The normalized spacial score (nSPS) is 14.3. The fourth-order valence-electron chi connectivity index (χ4n) is 3.01. The Morgan fingerprint density at radius 3 is 2.52 bits per heavy atom. The van der Waals surface area contributed by atoms with E-state index in [1.807, 2.05) is 0 Å². The quantitative estimate of drug-likeness (QED) is 0.515. The van der Waals surface area contributed by atoms with Crippen molar-refractivity contribution >= 4 is 35.6 Å². The molecule has 0 aliphatic heterocycles. The summed E-state index contributed by atoms with van der Waals surface area (Å²) in [6.07, 6.45) is 7.71. The first-order valence-corrected chi connectivity index (χ1v) is 9.67. The van der Waals surface area contributed by atoms with E-state index in [0.29, 0.717) is 22.1 Å². The van der Waals surface area contributed by atoms with Crippen molar-refractivity contribution < 1.29 is 28.6 Å². The Bertz CT molecular complexity index is 774. The molecule has 0 saturated heterocycles. The van der Waals surface area contributed by atoms with E-state index in [-0.39, 0.29) is 6.04 Å². The summed E-state index contributed by atoms with van der Waals surface area (Å²) in [5, 5.41) is 5.23. The molecule has 1 aliphatic carbocycles. The average molecular weight is 425 g/mol. The van der Waals surface area contributed by atoms with Gasteiger partial charge in [-0.2, -0.15) is 0 Å². The van der Waals surface area contributed by atoms with Gasteiger partial charge in [0, 0.05) is 12.1 Å². The van der Waals surface area contributed by atoms with Gasteiger partial charge in [0.15, 0.2) is 18.1 Å². The fraction of sp³-hybridized carbons (Fsp3) is 0.450. The maximum absolute atomic E-state index is 11.8. The summed E-state index contributed by atoms with van der Waals surface area (Å²) < 4.78 is 15.2. The standard InChI is InChI=1S/C20H25ClN2O6/c1-27-16-11-13(10-15(21)19(16)28-2)8-9-18(25)29-12-17(24)23-20(26)22-14-6-4-3-5-7-14/h8-11,14H,3-7,12H2,1-2H3,(H2,22,23,24,26)/b9-8+.